The SMILES string of the molecule is Cc1ccc(C(C)C)cc1Oc1ccc(N)c(C(=O)O)c1. The smallest absolute Gasteiger partial charge is 0.337 e. The molecule has 0 aliphatic heterocycles. The second-order valence-electron chi connectivity index (χ2n) is 5.34. The van der Waals surface area contributed by atoms with Crippen molar-refractivity contribution in [3.63, 3.8) is 0 Å². The van der Waals surface area contributed by atoms with Crippen LogP contribution in [0, 0.1) is 6.92 Å². The first-order valence-electron chi connectivity index (χ1n) is 6.79. The summed E-state index contributed by atoms with van der Waals surface area (Å²) in [5, 5.41) is 9.09. The number of carboxylic acid groups (broad SMARTS) is 1. The zero-order valence-electron chi connectivity index (χ0n) is 12.4. The molecule has 0 bridgehead atoms. The molecule has 0 unspecified atom stereocenters. The number of aromatic carboxylic acids is 1. The fraction of sp³-hybridized carbons (Fsp3) is 0.235. The van der Waals surface area contributed by atoms with E-state index in [4.69, 9.17) is 15.6 Å². The van der Waals surface area contributed by atoms with Gasteiger partial charge in [-0.2, -0.15) is 0 Å². The van der Waals surface area contributed by atoms with Crippen LogP contribution in [0.25, 0.3) is 0 Å². The molecule has 4 heteroatoms. The van der Waals surface area contributed by atoms with Crippen LogP contribution in [0.5, 0.6) is 11.5 Å². The molecule has 4 nitrogen and oxygen atoms in total. The molecule has 0 spiro atoms. The van der Waals surface area contributed by atoms with Crippen molar-refractivity contribution >= 4 is 11.7 Å². The molecule has 110 valence electrons. The summed E-state index contributed by atoms with van der Waals surface area (Å²) in [4.78, 5) is 11.1. The highest BCUT2D eigenvalue weighted by molar-refractivity contribution is 5.94. The highest BCUT2D eigenvalue weighted by Crippen LogP contribution is 2.30. The molecular formula is C17H19NO3. The molecule has 2 rings (SSSR count). The van der Waals surface area contributed by atoms with Crippen LogP contribution < -0.4 is 10.5 Å². The van der Waals surface area contributed by atoms with Crippen LogP contribution in [0.1, 0.15) is 41.3 Å². The summed E-state index contributed by atoms with van der Waals surface area (Å²) in [5.74, 6) is 0.521. The Morgan fingerprint density at radius 1 is 1.19 bits per heavy atom. The van der Waals surface area contributed by atoms with Gasteiger partial charge in [-0.1, -0.05) is 26.0 Å². The van der Waals surface area contributed by atoms with Crippen molar-refractivity contribution in [2.24, 2.45) is 0 Å². The first-order chi connectivity index (χ1) is 9.88. The zero-order valence-corrected chi connectivity index (χ0v) is 12.4. The van der Waals surface area contributed by atoms with Gasteiger partial charge in [-0.05, 0) is 48.2 Å². The quantitative estimate of drug-likeness (QED) is 0.826. The van der Waals surface area contributed by atoms with E-state index in [1.165, 1.54) is 11.6 Å². The summed E-state index contributed by atoms with van der Waals surface area (Å²) in [6.45, 7) is 6.18. The minimum Gasteiger partial charge on any atom is -0.478 e. The highest BCUT2D eigenvalue weighted by Gasteiger charge is 2.11. The Bertz CT molecular complexity index is 678. The van der Waals surface area contributed by atoms with Crippen molar-refractivity contribution in [1.82, 2.24) is 0 Å². The molecule has 0 amide bonds. The summed E-state index contributed by atoms with van der Waals surface area (Å²) in [6.07, 6.45) is 0. The van der Waals surface area contributed by atoms with Crippen LogP contribution >= 0.6 is 0 Å². The maximum absolute atomic E-state index is 11.1. The number of benzene rings is 2. The van der Waals surface area contributed by atoms with Gasteiger partial charge in [0.1, 0.15) is 11.5 Å². The molecule has 0 aliphatic carbocycles. The molecular weight excluding hydrogens is 266 g/mol. The van der Waals surface area contributed by atoms with Gasteiger partial charge in [0.2, 0.25) is 0 Å². The molecule has 2 aromatic rings. The van der Waals surface area contributed by atoms with E-state index in [2.05, 4.69) is 19.9 Å². The van der Waals surface area contributed by atoms with Gasteiger partial charge in [0.25, 0.3) is 0 Å². The van der Waals surface area contributed by atoms with Gasteiger partial charge >= 0.3 is 5.97 Å². The first-order valence-corrected chi connectivity index (χ1v) is 6.79. The predicted molar refractivity (Wildman–Crippen MR) is 83.2 cm³/mol. The van der Waals surface area contributed by atoms with Crippen LogP contribution in [0.3, 0.4) is 0 Å². The molecule has 0 aromatic heterocycles. The third-order valence-electron chi connectivity index (χ3n) is 3.36. The van der Waals surface area contributed by atoms with Gasteiger partial charge in [-0.25, -0.2) is 4.79 Å². The van der Waals surface area contributed by atoms with E-state index < -0.39 is 5.97 Å². The molecule has 0 atom stereocenters. The van der Waals surface area contributed by atoms with E-state index >= 15 is 0 Å². The zero-order chi connectivity index (χ0) is 15.6. The third-order valence-corrected chi connectivity index (χ3v) is 3.36. The fourth-order valence-electron chi connectivity index (χ4n) is 2.00. The van der Waals surface area contributed by atoms with E-state index in [9.17, 15) is 4.79 Å². The number of nitrogen functional groups attached to an aromatic ring is 1. The number of anilines is 1. The maximum atomic E-state index is 11.1. The first kappa shape index (κ1) is 14.9. The molecule has 21 heavy (non-hydrogen) atoms. The van der Waals surface area contributed by atoms with Crippen LogP contribution in [-0.2, 0) is 0 Å². The minimum absolute atomic E-state index is 0.0465. The van der Waals surface area contributed by atoms with E-state index in [-0.39, 0.29) is 11.3 Å². The molecule has 3 N–H and O–H groups in total. The lowest BCUT2D eigenvalue weighted by atomic mass is 10.0. The van der Waals surface area contributed by atoms with Gasteiger partial charge in [0.05, 0.1) is 5.56 Å². The molecule has 0 saturated carbocycles. The monoisotopic (exact) mass is 285 g/mol. The standard InChI is InChI=1S/C17H19NO3/c1-10(2)12-5-4-11(3)16(8-12)21-13-6-7-15(18)14(9-13)17(19)20/h4-10H,18H2,1-3H3,(H,19,20). The Labute approximate surface area is 124 Å². The Balaban J connectivity index is 2.36. The number of nitrogens with two attached hydrogens (primary N) is 1. The summed E-state index contributed by atoms with van der Waals surface area (Å²) < 4.78 is 5.83. The van der Waals surface area contributed by atoms with E-state index in [1.807, 2.05) is 19.1 Å². The summed E-state index contributed by atoms with van der Waals surface area (Å²) in [7, 11) is 0. The van der Waals surface area contributed by atoms with Crippen molar-refractivity contribution < 1.29 is 14.6 Å². The third kappa shape index (κ3) is 3.34. The number of aryl methyl sites for hydroxylation is 1. The van der Waals surface area contributed by atoms with Crippen LogP contribution in [0.4, 0.5) is 5.69 Å². The predicted octanol–water partition coefficient (Wildman–Crippen LogP) is 4.19. The van der Waals surface area contributed by atoms with E-state index in [0.717, 1.165) is 11.3 Å². The Hall–Kier alpha value is -2.49. The van der Waals surface area contributed by atoms with Gasteiger partial charge in [0.15, 0.2) is 0 Å². The Kier molecular flexibility index (Phi) is 4.17. The van der Waals surface area contributed by atoms with Gasteiger partial charge < -0.3 is 15.6 Å². The van der Waals surface area contributed by atoms with Gasteiger partial charge in [-0.3, -0.25) is 0 Å². The lowest BCUT2D eigenvalue weighted by Gasteiger charge is -2.13. The molecule has 0 radical (unpaired) electrons. The summed E-state index contributed by atoms with van der Waals surface area (Å²) >= 11 is 0. The van der Waals surface area contributed by atoms with Crippen molar-refractivity contribution in [1.29, 1.82) is 0 Å². The average Bonchev–Trinajstić information content (AvgIpc) is 2.42. The number of carbonyl (C=O) groups is 1. The Morgan fingerprint density at radius 2 is 1.90 bits per heavy atom. The molecule has 0 aliphatic rings. The van der Waals surface area contributed by atoms with E-state index in [1.54, 1.807) is 12.1 Å². The maximum Gasteiger partial charge on any atom is 0.337 e. The van der Waals surface area contributed by atoms with Crippen LogP contribution in [0.2, 0.25) is 0 Å². The van der Waals surface area contributed by atoms with Crippen LogP contribution in [0.15, 0.2) is 36.4 Å². The highest BCUT2D eigenvalue weighted by atomic mass is 16.5. The van der Waals surface area contributed by atoms with Gasteiger partial charge in [-0.15, -0.1) is 0 Å². The van der Waals surface area contributed by atoms with Crippen LogP contribution in [-0.4, -0.2) is 11.1 Å². The number of hydrogen-bond acceptors (Lipinski definition) is 3. The van der Waals surface area contributed by atoms with Crippen molar-refractivity contribution in [3.8, 4) is 11.5 Å². The summed E-state index contributed by atoms with van der Waals surface area (Å²) in [6, 6.07) is 10.7. The van der Waals surface area contributed by atoms with Crippen molar-refractivity contribution in [2.75, 3.05) is 5.73 Å². The topological polar surface area (TPSA) is 72.5 Å². The molecule has 0 fully saturated rings. The average molecular weight is 285 g/mol. The molecule has 0 saturated heterocycles. The second-order valence-corrected chi connectivity index (χ2v) is 5.34. The van der Waals surface area contributed by atoms with Crippen molar-refractivity contribution in [3.05, 3.63) is 53.1 Å². The second kappa shape index (κ2) is 5.87. The normalized spacial score (nSPS) is 10.7. The van der Waals surface area contributed by atoms with Crippen molar-refractivity contribution in [2.45, 2.75) is 26.7 Å². The number of hydrogen-bond donors (Lipinski definition) is 2. The number of carboxylic acids is 1. The number of ether oxygens (including phenoxy) is 1. The largest absolute Gasteiger partial charge is 0.478 e. The number of rotatable bonds is 4. The fourth-order valence-corrected chi connectivity index (χ4v) is 2.00. The summed E-state index contributed by atoms with van der Waals surface area (Å²) in [5.41, 5.74) is 8.08. The van der Waals surface area contributed by atoms with Gasteiger partial charge in [0, 0.05) is 5.69 Å². The molecule has 2 aromatic carbocycles. The lowest BCUT2D eigenvalue weighted by Crippen LogP contribution is -2.02. The van der Waals surface area contributed by atoms with E-state index in [0.29, 0.717) is 11.7 Å². The molecule has 0 heterocycles. The lowest BCUT2D eigenvalue weighted by molar-refractivity contribution is 0.0697. The minimum atomic E-state index is -1.06. The Morgan fingerprint density at radius 3 is 2.52 bits per heavy atom.